The van der Waals surface area contributed by atoms with Crippen molar-refractivity contribution in [3.05, 3.63) is 29.8 Å². The van der Waals surface area contributed by atoms with Crippen LogP contribution in [0.15, 0.2) is 24.3 Å². The lowest BCUT2D eigenvalue weighted by Gasteiger charge is -2.30. The summed E-state index contributed by atoms with van der Waals surface area (Å²) in [5, 5.41) is 9.61. The molecule has 1 N–H and O–H groups in total. The van der Waals surface area contributed by atoms with Gasteiger partial charge in [0, 0.05) is 19.5 Å². The first-order valence-corrected chi connectivity index (χ1v) is 7.86. The fraction of sp³-hybridized carbons (Fsp3) is 0.588. The number of ether oxygens (including phenoxy) is 1. The summed E-state index contributed by atoms with van der Waals surface area (Å²) >= 11 is 0. The maximum atomic E-state index is 12.1. The fourth-order valence-corrected chi connectivity index (χ4v) is 2.56. The molecule has 21 heavy (non-hydrogen) atoms. The van der Waals surface area contributed by atoms with E-state index in [4.69, 9.17) is 4.74 Å². The number of aryl methyl sites for hydroxylation is 1. The predicted molar refractivity (Wildman–Crippen MR) is 82.4 cm³/mol. The molecule has 1 atom stereocenters. The molecule has 4 heteroatoms. The molecule has 1 amide bonds. The van der Waals surface area contributed by atoms with Crippen molar-refractivity contribution in [1.82, 2.24) is 4.90 Å². The molecule has 0 unspecified atom stereocenters. The van der Waals surface area contributed by atoms with E-state index < -0.39 is 0 Å². The maximum absolute atomic E-state index is 12.1. The molecule has 0 bridgehead atoms. The van der Waals surface area contributed by atoms with Gasteiger partial charge in [0.05, 0.1) is 12.7 Å². The lowest BCUT2D eigenvalue weighted by molar-refractivity contribution is -0.134. The molecule has 4 nitrogen and oxygen atoms in total. The third-order valence-electron chi connectivity index (χ3n) is 3.77. The third kappa shape index (κ3) is 5.05. The number of rotatable bonds is 6. The number of aliphatic hydroxyl groups excluding tert-OH is 1. The van der Waals surface area contributed by atoms with Gasteiger partial charge in [-0.05, 0) is 43.4 Å². The molecule has 1 aromatic rings. The normalized spacial score (nSPS) is 18.6. The van der Waals surface area contributed by atoms with Gasteiger partial charge in [-0.2, -0.15) is 0 Å². The van der Waals surface area contributed by atoms with Crippen LogP contribution in [0.1, 0.15) is 38.2 Å². The number of amides is 1. The lowest BCUT2D eigenvalue weighted by Crippen LogP contribution is -2.42. The SMILES string of the molecule is CCCOc1ccc(CCC(=O)N2CCC[C@H](O)C2)cc1. The highest BCUT2D eigenvalue weighted by Crippen LogP contribution is 2.15. The van der Waals surface area contributed by atoms with Crippen molar-refractivity contribution in [2.75, 3.05) is 19.7 Å². The molecular weight excluding hydrogens is 266 g/mol. The van der Waals surface area contributed by atoms with Gasteiger partial charge in [-0.1, -0.05) is 19.1 Å². The van der Waals surface area contributed by atoms with Crippen molar-refractivity contribution < 1.29 is 14.6 Å². The maximum Gasteiger partial charge on any atom is 0.222 e. The number of hydrogen-bond donors (Lipinski definition) is 1. The van der Waals surface area contributed by atoms with E-state index in [0.717, 1.165) is 50.1 Å². The molecular formula is C17H25NO3. The van der Waals surface area contributed by atoms with Crippen molar-refractivity contribution in [1.29, 1.82) is 0 Å². The Hall–Kier alpha value is -1.55. The zero-order valence-electron chi connectivity index (χ0n) is 12.8. The summed E-state index contributed by atoms with van der Waals surface area (Å²) in [7, 11) is 0. The van der Waals surface area contributed by atoms with Crippen LogP contribution in [-0.2, 0) is 11.2 Å². The van der Waals surface area contributed by atoms with E-state index in [0.29, 0.717) is 13.0 Å². The second-order valence-electron chi connectivity index (χ2n) is 5.63. The number of benzene rings is 1. The summed E-state index contributed by atoms with van der Waals surface area (Å²) in [5.41, 5.74) is 1.14. The van der Waals surface area contributed by atoms with Gasteiger partial charge in [-0.3, -0.25) is 4.79 Å². The Morgan fingerprint density at radius 2 is 2.14 bits per heavy atom. The molecule has 2 rings (SSSR count). The minimum atomic E-state index is -0.349. The molecule has 1 heterocycles. The van der Waals surface area contributed by atoms with Crippen LogP contribution in [0.2, 0.25) is 0 Å². The molecule has 1 fully saturated rings. The lowest BCUT2D eigenvalue weighted by atomic mass is 10.1. The number of likely N-dealkylation sites (tertiary alicyclic amines) is 1. The number of carbonyl (C=O) groups excluding carboxylic acids is 1. The molecule has 116 valence electrons. The van der Waals surface area contributed by atoms with Crippen molar-refractivity contribution >= 4 is 5.91 Å². The second kappa shape index (κ2) is 8.03. The molecule has 0 saturated carbocycles. The molecule has 1 aliphatic rings. The highest BCUT2D eigenvalue weighted by Gasteiger charge is 2.21. The standard InChI is InChI=1S/C17H25NO3/c1-2-12-21-16-8-5-14(6-9-16)7-10-17(20)18-11-3-4-15(19)13-18/h5-6,8-9,15,19H,2-4,7,10-13H2,1H3/t15-/m0/s1. The molecule has 0 radical (unpaired) electrons. The topological polar surface area (TPSA) is 49.8 Å². The summed E-state index contributed by atoms with van der Waals surface area (Å²) in [6, 6.07) is 7.95. The molecule has 1 aromatic carbocycles. The Morgan fingerprint density at radius 3 is 2.81 bits per heavy atom. The van der Waals surface area contributed by atoms with Gasteiger partial charge >= 0.3 is 0 Å². The number of nitrogens with zero attached hydrogens (tertiary/aromatic N) is 1. The van der Waals surface area contributed by atoms with Crippen molar-refractivity contribution in [2.24, 2.45) is 0 Å². The van der Waals surface area contributed by atoms with E-state index in [1.165, 1.54) is 0 Å². The molecule has 0 aromatic heterocycles. The Balaban J connectivity index is 1.78. The summed E-state index contributed by atoms with van der Waals surface area (Å²) in [4.78, 5) is 13.9. The number of β-amino-alcohol motifs (C(OH)–C–C–N with tert-alkyl or cyclic N) is 1. The monoisotopic (exact) mass is 291 g/mol. The average molecular weight is 291 g/mol. The van der Waals surface area contributed by atoms with Crippen LogP contribution in [-0.4, -0.2) is 41.7 Å². The first-order chi connectivity index (χ1) is 10.2. The number of piperidine rings is 1. The summed E-state index contributed by atoms with van der Waals surface area (Å²) < 4.78 is 5.54. The van der Waals surface area contributed by atoms with E-state index in [9.17, 15) is 9.90 Å². The van der Waals surface area contributed by atoms with Crippen LogP contribution in [0.25, 0.3) is 0 Å². The van der Waals surface area contributed by atoms with Gasteiger partial charge in [0.2, 0.25) is 5.91 Å². The summed E-state index contributed by atoms with van der Waals surface area (Å²) in [6.07, 6.45) is 3.59. The van der Waals surface area contributed by atoms with Gasteiger partial charge in [0.15, 0.2) is 0 Å². The summed E-state index contributed by atoms with van der Waals surface area (Å²) in [6.45, 7) is 4.08. The van der Waals surface area contributed by atoms with Crippen LogP contribution in [0, 0.1) is 0 Å². The minimum Gasteiger partial charge on any atom is -0.494 e. The molecule has 0 aliphatic carbocycles. The number of aliphatic hydroxyl groups is 1. The smallest absolute Gasteiger partial charge is 0.222 e. The largest absolute Gasteiger partial charge is 0.494 e. The summed E-state index contributed by atoms with van der Waals surface area (Å²) in [5.74, 6) is 1.02. The van der Waals surface area contributed by atoms with Crippen molar-refractivity contribution in [2.45, 2.75) is 45.1 Å². The second-order valence-corrected chi connectivity index (χ2v) is 5.63. The van der Waals surface area contributed by atoms with Crippen LogP contribution >= 0.6 is 0 Å². The quantitative estimate of drug-likeness (QED) is 0.875. The third-order valence-corrected chi connectivity index (χ3v) is 3.77. The highest BCUT2D eigenvalue weighted by atomic mass is 16.5. The van der Waals surface area contributed by atoms with Crippen molar-refractivity contribution in [3.8, 4) is 5.75 Å². The Labute approximate surface area is 126 Å². The predicted octanol–water partition coefficient (Wildman–Crippen LogP) is 2.39. The first-order valence-electron chi connectivity index (χ1n) is 7.86. The number of carbonyl (C=O) groups is 1. The van der Waals surface area contributed by atoms with E-state index in [-0.39, 0.29) is 12.0 Å². The van der Waals surface area contributed by atoms with Crippen LogP contribution in [0.5, 0.6) is 5.75 Å². The van der Waals surface area contributed by atoms with Crippen LogP contribution in [0.3, 0.4) is 0 Å². The van der Waals surface area contributed by atoms with Crippen LogP contribution in [0.4, 0.5) is 0 Å². The molecule has 1 aliphatic heterocycles. The number of hydrogen-bond acceptors (Lipinski definition) is 3. The zero-order valence-corrected chi connectivity index (χ0v) is 12.8. The van der Waals surface area contributed by atoms with Gasteiger partial charge in [-0.15, -0.1) is 0 Å². The van der Waals surface area contributed by atoms with Gasteiger partial charge < -0.3 is 14.7 Å². The van der Waals surface area contributed by atoms with Gasteiger partial charge in [0.25, 0.3) is 0 Å². The Kier molecular flexibility index (Phi) is 6.05. The minimum absolute atomic E-state index is 0.139. The van der Waals surface area contributed by atoms with E-state index in [1.54, 1.807) is 4.90 Å². The van der Waals surface area contributed by atoms with E-state index in [1.807, 2.05) is 24.3 Å². The van der Waals surface area contributed by atoms with Gasteiger partial charge in [-0.25, -0.2) is 0 Å². The van der Waals surface area contributed by atoms with Crippen molar-refractivity contribution in [3.63, 3.8) is 0 Å². The highest BCUT2D eigenvalue weighted by molar-refractivity contribution is 5.76. The van der Waals surface area contributed by atoms with Gasteiger partial charge in [0.1, 0.15) is 5.75 Å². The van der Waals surface area contributed by atoms with E-state index >= 15 is 0 Å². The average Bonchev–Trinajstić information content (AvgIpc) is 2.51. The zero-order chi connectivity index (χ0) is 15.1. The Morgan fingerprint density at radius 1 is 1.38 bits per heavy atom. The fourth-order valence-electron chi connectivity index (χ4n) is 2.56. The Bertz CT molecular complexity index is 444. The molecule has 0 spiro atoms. The molecule has 1 saturated heterocycles. The first kappa shape index (κ1) is 15.8. The van der Waals surface area contributed by atoms with E-state index in [2.05, 4.69) is 6.92 Å². The van der Waals surface area contributed by atoms with Crippen LogP contribution < -0.4 is 4.74 Å².